The summed E-state index contributed by atoms with van der Waals surface area (Å²) in [7, 11) is 0. The molecule has 0 aliphatic carbocycles. The van der Waals surface area contributed by atoms with Crippen LogP contribution in [0.5, 0.6) is 5.75 Å². The van der Waals surface area contributed by atoms with Crippen molar-refractivity contribution in [1.82, 2.24) is 0 Å². The number of hydrogen-bond acceptors (Lipinski definition) is 1. The van der Waals surface area contributed by atoms with Gasteiger partial charge in [-0.05, 0) is 41.8 Å². The number of aromatic hydroxyl groups is 1. The Morgan fingerprint density at radius 2 is 1.59 bits per heavy atom. The molecule has 0 radical (unpaired) electrons. The first-order chi connectivity index (χ1) is 8.04. The topological polar surface area (TPSA) is 20.2 Å². The molecule has 1 N–H and O–H groups in total. The van der Waals surface area contributed by atoms with Gasteiger partial charge in [0.15, 0.2) is 0 Å². The lowest BCUT2D eigenvalue weighted by Gasteiger charge is -2.04. The number of phenolic OH excluding ortho intramolecular Hbond substituents is 1. The summed E-state index contributed by atoms with van der Waals surface area (Å²) in [5, 5.41) is 9.47. The van der Waals surface area contributed by atoms with Gasteiger partial charge >= 0.3 is 0 Å². The molecule has 0 aliphatic rings. The van der Waals surface area contributed by atoms with Crippen molar-refractivity contribution in [3.05, 3.63) is 64.2 Å². The Kier molecular flexibility index (Phi) is 3.29. The minimum Gasteiger partial charge on any atom is -0.506 e. The maximum absolute atomic E-state index is 13.0. The van der Waals surface area contributed by atoms with Crippen molar-refractivity contribution >= 4 is 11.6 Å². The van der Waals surface area contributed by atoms with Crippen molar-refractivity contribution < 1.29 is 13.9 Å². The second-order valence-corrected chi connectivity index (χ2v) is 4.15. The normalized spacial score (nSPS) is 10.5. The van der Waals surface area contributed by atoms with Crippen LogP contribution in [0.1, 0.15) is 11.1 Å². The van der Waals surface area contributed by atoms with Crippen molar-refractivity contribution in [2.45, 2.75) is 6.42 Å². The molecule has 0 atom stereocenters. The molecule has 2 aromatic carbocycles. The fourth-order valence-corrected chi connectivity index (χ4v) is 1.81. The Hall–Kier alpha value is -1.61. The standard InChI is InChI=1S/C13H9ClF2O/c14-12-6-8(1-2-13(12)17)3-9-4-10(15)7-11(16)5-9/h1-2,4-7,17H,3H2. The van der Waals surface area contributed by atoms with Crippen LogP contribution in [0.25, 0.3) is 0 Å². The summed E-state index contributed by atoms with van der Waals surface area (Å²) in [4.78, 5) is 0. The molecular weight excluding hydrogens is 246 g/mol. The van der Waals surface area contributed by atoms with Crippen LogP contribution in [0, 0.1) is 11.6 Å². The van der Waals surface area contributed by atoms with Gasteiger partial charge in [-0.1, -0.05) is 17.7 Å². The fourth-order valence-electron chi connectivity index (χ4n) is 1.61. The molecule has 4 heteroatoms. The molecule has 0 bridgehead atoms. The highest BCUT2D eigenvalue weighted by Gasteiger charge is 2.04. The third-order valence-electron chi connectivity index (χ3n) is 2.34. The second kappa shape index (κ2) is 4.72. The van der Waals surface area contributed by atoms with Gasteiger partial charge in [-0.2, -0.15) is 0 Å². The quantitative estimate of drug-likeness (QED) is 0.861. The molecule has 0 amide bonds. The van der Waals surface area contributed by atoms with E-state index in [1.807, 2.05) is 0 Å². The molecule has 0 fully saturated rings. The molecule has 0 saturated heterocycles. The van der Waals surface area contributed by atoms with E-state index in [9.17, 15) is 13.9 Å². The van der Waals surface area contributed by atoms with E-state index in [1.165, 1.54) is 18.2 Å². The predicted octanol–water partition coefficient (Wildman–Crippen LogP) is 3.91. The molecule has 2 rings (SSSR count). The highest BCUT2D eigenvalue weighted by Crippen LogP contribution is 2.25. The van der Waals surface area contributed by atoms with Gasteiger partial charge in [-0.3, -0.25) is 0 Å². The van der Waals surface area contributed by atoms with Crippen molar-refractivity contribution in [3.8, 4) is 5.75 Å². The van der Waals surface area contributed by atoms with Crippen LogP contribution in [0.2, 0.25) is 5.02 Å². The third-order valence-corrected chi connectivity index (χ3v) is 2.65. The highest BCUT2D eigenvalue weighted by molar-refractivity contribution is 6.32. The fraction of sp³-hybridized carbons (Fsp3) is 0.0769. The molecule has 0 saturated carbocycles. The average molecular weight is 255 g/mol. The first kappa shape index (κ1) is 11.9. The second-order valence-electron chi connectivity index (χ2n) is 3.74. The highest BCUT2D eigenvalue weighted by atomic mass is 35.5. The summed E-state index contributed by atoms with van der Waals surface area (Å²) >= 11 is 5.74. The molecule has 17 heavy (non-hydrogen) atoms. The Balaban J connectivity index is 2.28. The molecule has 1 nitrogen and oxygen atoms in total. The lowest BCUT2D eigenvalue weighted by molar-refractivity contribution is 0.475. The largest absolute Gasteiger partial charge is 0.506 e. The predicted molar refractivity (Wildman–Crippen MR) is 62.3 cm³/mol. The Morgan fingerprint density at radius 3 is 2.18 bits per heavy atom. The van der Waals surface area contributed by atoms with Crippen LogP contribution in [0.3, 0.4) is 0 Å². The molecule has 0 aliphatic heterocycles. The first-order valence-electron chi connectivity index (χ1n) is 4.97. The summed E-state index contributed by atoms with van der Waals surface area (Å²) in [6, 6.07) is 8.04. The number of rotatable bonds is 2. The van der Waals surface area contributed by atoms with E-state index in [1.54, 1.807) is 12.1 Å². The van der Waals surface area contributed by atoms with Crippen molar-refractivity contribution in [2.24, 2.45) is 0 Å². The lowest BCUT2D eigenvalue weighted by atomic mass is 10.0. The number of phenols is 1. The van der Waals surface area contributed by atoms with Crippen LogP contribution in [-0.2, 0) is 6.42 Å². The monoisotopic (exact) mass is 254 g/mol. The van der Waals surface area contributed by atoms with Gasteiger partial charge in [-0.15, -0.1) is 0 Å². The van der Waals surface area contributed by atoms with Crippen molar-refractivity contribution in [1.29, 1.82) is 0 Å². The zero-order valence-electron chi connectivity index (χ0n) is 8.75. The van der Waals surface area contributed by atoms with E-state index in [0.29, 0.717) is 12.0 Å². The maximum atomic E-state index is 13.0. The molecule has 0 spiro atoms. The van der Waals surface area contributed by atoms with Gasteiger partial charge in [0.1, 0.15) is 17.4 Å². The van der Waals surface area contributed by atoms with Crippen LogP contribution >= 0.6 is 11.6 Å². The Morgan fingerprint density at radius 1 is 0.941 bits per heavy atom. The van der Waals surface area contributed by atoms with E-state index in [4.69, 9.17) is 11.6 Å². The third kappa shape index (κ3) is 2.94. The summed E-state index contributed by atoms with van der Waals surface area (Å²) < 4.78 is 25.9. The van der Waals surface area contributed by atoms with E-state index >= 15 is 0 Å². The lowest BCUT2D eigenvalue weighted by Crippen LogP contribution is -1.91. The van der Waals surface area contributed by atoms with Gasteiger partial charge in [0.25, 0.3) is 0 Å². The molecule has 2 aromatic rings. The minimum atomic E-state index is -0.607. The zero-order chi connectivity index (χ0) is 12.4. The van der Waals surface area contributed by atoms with E-state index in [0.717, 1.165) is 11.6 Å². The Labute approximate surface area is 102 Å². The van der Waals surface area contributed by atoms with Crippen LogP contribution in [-0.4, -0.2) is 5.11 Å². The van der Waals surface area contributed by atoms with Gasteiger partial charge < -0.3 is 5.11 Å². The van der Waals surface area contributed by atoms with Gasteiger partial charge in [0.05, 0.1) is 5.02 Å². The number of halogens is 3. The molecule has 0 unspecified atom stereocenters. The average Bonchev–Trinajstić information content (AvgIpc) is 2.22. The van der Waals surface area contributed by atoms with E-state index < -0.39 is 11.6 Å². The maximum Gasteiger partial charge on any atom is 0.134 e. The molecule has 0 heterocycles. The van der Waals surface area contributed by atoms with Gasteiger partial charge in [0, 0.05) is 6.07 Å². The minimum absolute atomic E-state index is 0.0131. The first-order valence-corrected chi connectivity index (χ1v) is 5.35. The Bertz CT molecular complexity index is 535. The summed E-state index contributed by atoms with van der Waals surface area (Å²) in [5.74, 6) is -1.23. The van der Waals surface area contributed by atoms with E-state index in [2.05, 4.69) is 0 Å². The molecular formula is C13H9ClF2O. The van der Waals surface area contributed by atoms with Crippen LogP contribution < -0.4 is 0 Å². The van der Waals surface area contributed by atoms with Crippen molar-refractivity contribution in [3.63, 3.8) is 0 Å². The summed E-state index contributed by atoms with van der Waals surface area (Å²) in [6.07, 6.45) is 0.356. The number of benzene rings is 2. The van der Waals surface area contributed by atoms with Crippen LogP contribution in [0.4, 0.5) is 8.78 Å². The van der Waals surface area contributed by atoms with Gasteiger partial charge in [-0.25, -0.2) is 8.78 Å². The molecule has 88 valence electrons. The summed E-state index contributed by atoms with van der Waals surface area (Å²) in [6.45, 7) is 0. The SMILES string of the molecule is Oc1ccc(Cc2cc(F)cc(F)c2)cc1Cl. The smallest absolute Gasteiger partial charge is 0.134 e. The van der Waals surface area contributed by atoms with Crippen LogP contribution in [0.15, 0.2) is 36.4 Å². The summed E-state index contributed by atoms with van der Waals surface area (Å²) in [5.41, 5.74) is 1.29. The van der Waals surface area contributed by atoms with Crippen molar-refractivity contribution in [2.75, 3.05) is 0 Å². The zero-order valence-corrected chi connectivity index (χ0v) is 9.51. The molecule has 0 aromatic heterocycles. The van der Waals surface area contributed by atoms with Gasteiger partial charge in [0.2, 0.25) is 0 Å². The van der Waals surface area contributed by atoms with E-state index in [-0.39, 0.29) is 10.8 Å². The number of hydrogen-bond donors (Lipinski definition) is 1.